The van der Waals surface area contributed by atoms with Crippen molar-refractivity contribution in [3.05, 3.63) is 85.1 Å². The van der Waals surface area contributed by atoms with E-state index in [0.717, 1.165) is 70.6 Å². The number of rotatable bonds is 52. The third kappa shape index (κ3) is 41.5. The Morgan fingerprint density at radius 1 is 0.519 bits per heavy atom. The van der Waals surface area contributed by atoms with Gasteiger partial charge in [-0.15, -0.1) is 0 Å². The zero-order valence-electron chi connectivity index (χ0n) is 49.1. The predicted octanol–water partition coefficient (Wildman–Crippen LogP) is 14.9. The summed E-state index contributed by atoms with van der Waals surface area (Å²) >= 11 is 0. The summed E-state index contributed by atoms with van der Waals surface area (Å²) in [5.41, 5.74) is 0. The quantitative estimate of drug-likeness (QED) is 0.0149. The van der Waals surface area contributed by atoms with Gasteiger partial charge in [-0.05, 0) is 70.6 Å². The third-order valence-electron chi connectivity index (χ3n) is 14.4. The highest BCUT2D eigenvalue weighted by Crippen LogP contribution is 2.26. The van der Waals surface area contributed by atoms with E-state index in [1.54, 1.807) is 6.08 Å². The summed E-state index contributed by atoms with van der Waals surface area (Å²) in [4.78, 5) is 26.5. The second-order valence-electron chi connectivity index (χ2n) is 21.5. The van der Waals surface area contributed by atoms with E-state index in [0.29, 0.717) is 12.8 Å². The Balaban J connectivity index is 2.65. The van der Waals surface area contributed by atoms with Crippen molar-refractivity contribution in [3.8, 4) is 0 Å². The molecule has 1 rings (SSSR count). The van der Waals surface area contributed by atoms with Crippen LogP contribution in [0, 0.1) is 0 Å². The first-order valence-electron chi connectivity index (χ1n) is 31.4. The van der Waals surface area contributed by atoms with Crippen LogP contribution in [-0.2, 0) is 23.8 Å². The second-order valence-corrected chi connectivity index (χ2v) is 21.5. The zero-order valence-corrected chi connectivity index (χ0v) is 49.1. The van der Waals surface area contributed by atoms with Crippen LogP contribution in [-0.4, -0.2) is 99.6 Å². The smallest absolute Gasteiger partial charge is 0.306 e. The van der Waals surface area contributed by atoms with Crippen molar-refractivity contribution in [2.24, 2.45) is 0 Å². The molecule has 11 nitrogen and oxygen atoms in total. The van der Waals surface area contributed by atoms with Gasteiger partial charge in [-0.2, -0.15) is 0 Å². The first kappa shape index (κ1) is 71.9. The highest BCUT2D eigenvalue weighted by Gasteiger charge is 2.47. The molecule has 1 amide bonds. The van der Waals surface area contributed by atoms with Crippen LogP contribution in [0.2, 0.25) is 0 Å². The van der Waals surface area contributed by atoms with Crippen molar-refractivity contribution in [1.29, 1.82) is 0 Å². The van der Waals surface area contributed by atoms with Crippen LogP contribution in [0.3, 0.4) is 0 Å². The average molecular weight is 1080 g/mol. The molecular formula is C66H115NO10. The lowest BCUT2D eigenvalue weighted by Crippen LogP contribution is -2.61. The van der Waals surface area contributed by atoms with Gasteiger partial charge in [-0.25, -0.2) is 0 Å². The van der Waals surface area contributed by atoms with Crippen LogP contribution in [0.1, 0.15) is 258 Å². The highest BCUT2D eigenvalue weighted by atomic mass is 16.7. The molecule has 1 aliphatic heterocycles. The molecular weight excluding hydrogens is 967 g/mol. The van der Waals surface area contributed by atoms with Gasteiger partial charge in [0.05, 0.1) is 25.4 Å². The van der Waals surface area contributed by atoms with Crippen LogP contribution >= 0.6 is 0 Å². The Bertz CT molecular complexity index is 1570. The van der Waals surface area contributed by atoms with E-state index >= 15 is 0 Å². The average Bonchev–Trinajstić information content (AvgIpc) is 3.43. The van der Waals surface area contributed by atoms with Gasteiger partial charge < -0.3 is 45.1 Å². The molecule has 1 aliphatic rings. The lowest BCUT2D eigenvalue weighted by molar-refractivity contribution is -0.305. The van der Waals surface area contributed by atoms with Crippen LogP contribution in [0.5, 0.6) is 0 Å². The Labute approximate surface area is 470 Å². The molecule has 0 saturated carbocycles. The molecule has 8 unspecified atom stereocenters. The van der Waals surface area contributed by atoms with Crippen molar-refractivity contribution < 1.29 is 49.3 Å². The summed E-state index contributed by atoms with van der Waals surface area (Å²) in [5, 5.41) is 56.9. The molecule has 0 aliphatic carbocycles. The summed E-state index contributed by atoms with van der Waals surface area (Å²) in [5.74, 6) is -1.24. The number of esters is 1. The first-order chi connectivity index (χ1) is 37.7. The lowest BCUT2D eigenvalue weighted by Gasteiger charge is -2.41. The van der Waals surface area contributed by atoms with Crippen molar-refractivity contribution >= 4 is 11.9 Å². The van der Waals surface area contributed by atoms with E-state index in [4.69, 9.17) is 14.2 Å². The number of allylic oxidation sites excluding steroid dienone is 13. The molecule has 0 spiro atoms. The minimum atomic E-state index is -1.63. The monoisotopic (exact) mass is 1080 g/mol. The van der Waals surface area contributed by atoms with E-state index in [-0.39, 0.29) is 19.4 Å². The van der Waals surface area contributed by atoms with Crippen LogP contribution in [0.4, 0.5) is 0 Å². The van der Waals surface area contributed by atoms with Gasteiger partial charge in [-0.3, -0.25) is 9.59 Å². The van der Waals surface area contributed by atoms with E-state index < -0.39 is 67.4 Å². The maximum atomic E-state index is 13.4. The fourth-order valence-corrected chi connectivity index (χ4v) is 9.43. The first-order valence-corrected chi connectivity index (χ1v) is 31.4. The number of hydrogen-bond donors (Lipinski definition) is 6. The normalized spacial score (nSPS) is 19.6. The molecule has 77 heavy (non-hydrogen) atoms. The van der Waals surface area contributed by atoms with E-state index in [9.17, 15) is 35.1 Å². The highest BCUT2D eigenvalue weighted by molar-refractivity contribution is 5.80. The topological polar surface area (TPSA) is 175 Å². The van der Waals surface area contributed by atoms with Crippen molar-refractivity contribution in [3.63, 3.8) is 0 Å². The maximum Gasteiger partial charge on any atom is 0.306 e. The Hall–Kier alpha value is -3.16. The fourth-order valence-electron chi connectivity index (χ4n) is 9.43. The molecule has 1 heterocycles. The molecule has 11 heteroatoms. The SMILES string of the molecule is CC/C=C/C=C/C=C\C=C/C=C/CCCCCC(=O)OC1C(OCC(NC(=O)C(O)CCCCCCCCCCCCCC/C=C/CCCCCCCC)C(O)/C=C/CCCCCCCCCCC)OC(CO)C(O)C1O. The molecule has 0 aromatic heterocycles. The molecule has 1 saturated heterocycles. The van der Waals surface area contributed by atoms with Gasteiger partial charge in [0, 0.05) is 6.42 Å². The standard InChI is InChI=1S/C66H115NO10/c1-4-7-10-13-16-19-22-24-26-27-28-29-30-31-32-34-35-38-41-44-47-50-53-59(70)65(74)67-57(58(69)52-49-46-43-40-37-21-18-15-12-9-6-3)56-75-66-64(63(73)62(72)60(55-68)76-66)77-61(71)54-51-48-45-42-39-36-33-25-23-20-17-14-11-8-5-2/h8,11,14,17,20,23-26,33,36,39,49,52,57-60,62-64,66,68-70,72-73H,4-7,9-10,12-13,15-16,18-19,21-22,27-32,34-35,37-38,40-48,50-51,53-56H2,1-3H3,(H,67,74)/b11-8+,17-14+,23-20-,26-24+,33-25-,39-36+,52-49+. The Morgan fingerprint density at radius 3 is 1.44 bits per heavy atom. The lowest BCUT2D eigenvalue weighted by atomic mass is 9.99. The summed E-state index contributed by atoms with van der Waals surface area (Å²) in [6, 6.07) is -1.04. The zero-order chi connectivity index (χ0) is 56.1. The number of nitrogens with one attached hydrogen (secondary N) is 1. The van der Waals surface area contributed by atoms with E-state index in [2.05, 4.69) is 50.4 Å². The van der Waals surface area contributed by atoms with Crippen LogP contribution in [0.25, 0.3) is 0 Å². The summed E-state index contributed by atoms with van der Waals surface area (Å²) in [7, 11) is 0. The van der Waals surface area contributed by atoms with Crippen molar-refractivity contribution in [1.82, 2.24) is 5.32 Å². The second kappa shape index (κ2) is 53.5. The summed E-state index contributed by atoms with van der Waals surface area (Å²) < 4.78 is 17.6. The number of aliphatic hydroxyl groups excluding tert-OH is 5. The molecule has 0 aromatic carbocycles. The van der Waals surface area contributed by atoms with Gasteiger partial charge in [0.2, 0.25) is 5.91 Å². The minimum Gasteiger partial charge on any atom is -0.454 e. The number of carbonyl (C=O) groups is 2. The number of unbranched alkanes of at least 4 members (excludes halogenated alkanes) is 30. The molecule has 1 fully saturated rings. The Morgan fingerprint density at radius 2 is 0.948 bits per heavy atom. The van der Waals surface area contributed by atoms with Crippen molar-refractivity contribution in [2.45, 2.75) is 307 Å². The van der Waals surface area contributed by atoms with Gasteiger partial charge in [-0.1, -0.05) is 266 Å². The van der Waals surface area contributed by atoms with Gasteiger partial charge in [0.15, 0.2) is 12.4 Å². The third-order valence-corrected chi connectivity index (χ3v) is 14.4. The van der Waals surface area contributed by atoms with E-state index in [1.165, 1.54) is 141 Å². The number of ether oxygens (including phenoxy) is 3. The minimum absolute atomic E-state index is 0.0715. The molecule has 0 radical (unpaired) electrons. The van der Waals surface area contributed by atoms with Crippen LogP contribution in [0.15, 0.2) is 85.1 Å². The van der Waals surface area contributed by atoms with Crippen LogP contribution < -0.4 is 5.32 Å². The molecule has 444 valence electrons. The van der Waals surface area contributed by atoms with Crippen molar-refractivity contribution in [2.75, 3.05) is 13.2 Å². The summed E-state index contributed by atoms with van der Waals surface area (Å²) in [6.07, 6.45) is 59.2. The van der Waals surface area contributed by atoms with Gasteiger partial charge in [0.25, 0.3) is 0 Å². The number of hydrogen-bond acceptors (Lipinski definition) is 10. The Kier molecular flexibility index (Phi) is 49.9. The maximum absolute atomic E-state index is 13.4. The number of aliphatic hydroxyl groups is 5. The van der Waals surface area contributed by atoms with E-state index in [1.807, 2.05) is 54.7 Å². The molecule has 6 N–H and O–H groups in total. The largest absolute Gasteiger partial charge is 0.454 e. The number of carbonyl (C=O) groups excluding carboxylic acids is 2. The van der Waals surface area contributed by atoms with Gasteiger partial charge in [0.1, 0.15) is 24.4 Å². The predicted molar refractivity (Wildman–Crippen MR) is 319 cm³/mol. The molecule has 0 bridgehead atoms. The summed E-state index contributed by atoms with van der Waals surface area (Å²) in [6.45, 7) is 5.61. The van der Waals surface area contributed by atoms with Gasteiger partial charge >= 0.3 is 5.97 Å². The molecule has 8 atom stereocenters. The fraction of sp³-hybridized carbons (Fsp3) is 0.758. The molecule has 0 aromatic rings. The number of amides is 1.